The fourth-order valence-electron chi connectivity index (χ4n) is 13.6. The molecule has 0 aromatic rings. The third-order valence-corrected chi connectivity index (χ3v) is 16.8. The first kappa shape index (κ1) is 66.0. The summed E-state index contributed by atoms with van der Waals surface area (Å²) in [5.74, 6) is 0.890. The van der Waals surface area contributed by atoms with Crippen LogP contribution in [0.2, 0.25) is 0 Å². The monoisotopic (exact) mass is 927 g/mol. The summed E-state index contributed by atoms with van der Waals surface area (Å²) >= 11 is 0. The molecule has 0 heteroatoms. The largest absolute Gasteiger partial charge is 0.0654 e. The van der Waals surface area contributed by atoms with Crippen LogP contribution in [-0.2, 0) is 0 Å². The van der Waals surface area contributed by atoms with Crippen molar-refractivity contribution in [1.29, 1.82) is 0 Å². The van der Waals surface area contributed by atoms with Crippen LogP contribution in [-0.4, -0.2) is 0 Å². The van der Waals surface area contributed by atoms with Crippen molar-refractivity contribution in [2.45, 2.75) is 397 Å². The molecule has 0 N–H and O–H groups in total. The maximum Gasteiger partial charge on any atom is -0.0218 e. The minimum atomic E-state index is 0.346. The summed E-state index contributed by atoms with van der Waals surface area (Å²) in [6.07, 6.45) is 73.0. The maximum absolute atomic E-state index is 2.84. The second-order valence-electron chi connectivity index (χ2n) is 26.0. The maximum atomic E-state index is 2.84. The Hall–Kier alpha value is 0. The van der Waals surface area contributed by atoms with Gasteiger partial charge in [0.25, 0.3) is 0 Å². The zero-order valence-electron chi connectivity index (χ0n) is 48.9. The van der Waals surface area contributed by atoms with Gasteiger partial charge in [-0.25, -0.2) is 0 Å². The van der Waals surface area contributed by atoms with Crippen LogP contribution >= 0.6 is 0 Å². The molecule has 0 aliphatic heterocycles. The highest BCUT2D eigenvalue weighted by molar-refractivity contribution is 5.00. The van der Waals surface area contributed by atoms with Crippen LogP contribution in [0.4, 0.5) is 0 Å². The summed E-state index contributed by atoms with van der Waals surface area (Å²) in [4.78, 5) is 0. The molecule has 0 radical (unpaired) electrons. The highest BCUT2D eigenvalue weighted by atomic mass is 14.5. The smallest absolute Gasteiger partial charge is 0.0218 e. The van der Waals surface area contributed by atoms with Crippen molar-refractivity contribution >= 4 is 0 Å². The van der Waals surface area contributed by atoms with Gasteiger partial charge in [0.2, 0.25) is 0 Å². The Balaban J connectivity index is 6.30. The van der Waals surface area contributed by atoms with E-state index >= 15 is 0 Å². The van der Waals surface area contributed by atoms with Crippen LogP contribution in [0.25, 0.3) is 0 Å². The summed E-state index contributed by atoms with van der Waals surface area (Å²) in [5.41, 5.74) is 1.54. The molecule has 0 spiro atoms. The Bertz CT molecular complexity index is 948. The minimum absolute atomic E-state index is 0.346. The third-order valence-electron chi connectivity index (χ3n) is 16.8. The van der Waals surface area contributed by atoms with Crippen molar-refractivity contribution in [2.75, 3.05) is 0 Å². The topological polar surface area (TPSA) is 0 Å². The van der Waals surface area contributed by atoms with Crippen LogP contribution in [0.1, 0.15) is 397 Å². The average Bonchev–Trinajstić information content (AvgIpc) is 3.25. The van der Waals surface area contributed by atoms with E-state index in [1.807, 2.05) is 0 Å². The molecular formula is C66H134. The van der Waals surface area contributed by atoms with Crippen molar-refractivity contribution in [2.24, 2.45) is 27.6 Å². The van der Waals surface area contributed by atoms with Gasteiger partial charge in [-0.3, -0.25) is 0 Å². The quantitative estimate of drug-likeness (QED) is 0.0533. The Kier molecular flexibility index (Phi) is 44.9. The minimum Gasteiger partial charge on any atom is -0.0654 e. The van der Waals surface area contributed by atoms with Crippen molar-refractivity contribution in [3.05, 3.63) is 0 Å². The second kappa shape index (κ2) is 44.9. The SMILES string of the molecule is CCCCCCCCCCCCCCC(CCCCCCCCCCCCC)(C(CCCCCCCCCCCC)CCCCCCCCCCCCC)C(C)(C)CC(C)(C)CC(C)(C)C. The van der Waals surface area contributed by atoms with Crippen LogP contribution in [0, 0.1) is 27.6 Å². The fourth-order valence-corrected chi connectivity index (χ4v) is 13.6. The van der Waals surface area contributed by atoms with Gasteiger partial charge >= 0.3 is 0 Å². The van der Waals surface area contributed by atoms with E-state index in [1.165, 1.54) is 321 Å². The molecule has 0 bridgehead atoms. The van der Waals surface area contributed by atoms with Gasteiger partial charge in [-0.15, -0.1) is 0 Å². The van der Waals surface area contributed by atoms with Gasteiger partial charge < -0.3 is 0 Å². The molecule has 66 heavy (non-hydrogen) atoms. The van der Waals surface area contributed by atoms with Crippen LogP contribution in [0.3, 0.4) is 0 Å². The molecule has 2 unspecified atom stereocenters. The van der Waals surface area contributed by atoms with Crippen molar-refractivity contribution < 1.29 is 0 Å². The average molecular weight is 928 g/mol. The molecule has 0 saturated heterocycles. The lowest BCUT2D eigenvalue weighted by atomic mass is 9.49. The Morgan fingerprint density at radius 3 is 0.682 bits per heavy atom. The summed E-state index contributed by atoms with van der Waals surface area (Å²) < 4.78 is 0. The Morgan fingerprint density at radius 1 is 0.242 bits per heavy atom. The summed E-state index contributed by atoms with van der Waals surface area (Å²) in [5, 5.41) is 0. The van der Waals surface area contributed by atoms with E-state index < -0.39 is 0 Å². The molecule has 0 amide bonds. The molecule has 0 fully saturated rings. The number of rotatable bonds is 53. The number of unbranched alkanes of at least 4 members (excludes halogenated alkanes) is 40. The molecule has 2 atom stereocenters. The standard InChI is InChI=1S/C66H134/c1-12-16-20-24-28-32-36-39-43-47-51-55-59-66(65(10,11)61-64(8,9)60-63(5,6)7,58-54-50-46-42-38-34-30-26-22-18-14-3)62(56-52-48-44-40-35-31-27-23-19-15-4)57-53-49-45-41-37-33-29-25-21-17-13-2/h62H,12-61H2,1-11H3. The highest BCUT2D eigenvalue weighted by Crippen LogP contribution is 2.60. The lowest BCUT2D eigenvalue weighted by molar-refractivity contribution is -0.0606. The number of hydrogen-bond acceptors (Lipinski definition) is 0. The summed E-state index contributed by atoms with van der Waals surface area (Å²) in [6, 6.07) is 0. The normalized spacial score (nSPS) is 14.0. The molecule has 0 aliphatic rings. The van der Waals surface area contributed by atoms with Crippen molar-refractivity contribution in [3.8, 4) is 0 Å². The Labute approximate surface area is 422 Å². The molecule has 0 saturated carbocycles. The first-order chi connectivity index (χ1) is 31.8. The molecule has 0 rings (SSSR count). The molecule has 0 heterocycles. The molecule has 0 aromatic heterocycles. The summed E-state index contributed by atoms with van der Waals surface area (Å²) in [7, 11) is 0. The second-order valence-corrected chi connectivity index (χ2v) is 26.0. The fraction of sp³-hybridized carbons (Fsp3) is 1.00. The molecule has 0 nitrogen and oxygen atoms in total. The molecule has 0 aromatic carbocycles. The van der Waals surface area contributed by atoms with Gasteiger partial charge in [0, 0.05) is 0 Å². The number of hydrogen-bond donors (Lipinski definition) is 0. The first-order valence-electron chi connectivity index (χ1n) is 31.8. The zero-order valence-corrected chi connectivity index (χ0v) is 48.9. The van der Waals surface area contributed by atoms with E-state index in [0.29, 0.717) is 21.7 Å². The zero-order chi connectivity index (χ0) is 48.9. The third kappa shape index (κ3) is 38.7. The highest BCUT2D eigenvalue weighted by Gasteiger charge is 2.50. The van der Waals surface area contributed by atoms with Crippen LogP contribution in [0.5, 0.6) is 0 Å². The van der Waals surface area contributed by atoms with Gasteiger partial charge in [0.1, 0.15) is 0 Å². The van der Waals surface area contributed by atoms with E-state index in [2.05, 4.69) is 76.2 Å². The predicted octanol–water partition coefficient (Wildman–Crippen LogP) is 25.3. The van der Waals surface area contributed by atoms with Crippen LogP contribution in [0.15, 0.2) is 0 Å². The van der Waals surface area contributed by atoms with Gasteiger partial charge in [-0.1, -0.05) is 359 Å². The van der Waals surface area contributed by atoms with Gasteiger partial charge in [-0.2, -0.15) is 0 Å². The molecule has 398 valence electrons. The van der Waals surface area contributed by atoms with Crippen molar-refractivity contribution in [1.82, 2.24) is 0 Å². The Morgan fingerprint density at radius 2 is 0.455 bits per heavy atom. The predicted molar refractivity (Wildman–Crippen MR) is 306 cm³/mol. The molecule has 0 aliphatic carbocycles. The molecular weight excluding hydrogens is 793 g/mol. The van der Waals surface area contributed by atoms with E-state index in [1.54, 1.807) is 0 Å². The van der Waals surface area contributed by atoms with E-state index in [0.717, 1.165) is 5.92 Å². The van der Waals surface area contributed by atoms with E-state index in [-0.39, 0.29) is 0 Å². The first-order valence-corrected chi connectivity index (χ1v) is 31.8. The van der Waals surface area contributed by atoms with Crippen molar-refractivity contribution in [3.63, 3.8) is 0 Å². The lowest BCUT2D eigenvalue weighted by Crippen LogP contribution is -2.47. The lowest BCUT2D eigenvalue weighted by Gasteiger charge is -2.56. The van der Waals surface area contributed by atoms with Gasteiger partial charge in [0.05, 0.1) is 0 Å². The van der Waals surface area contributed by atoms with E-state index in [9.17, 15) is 0 Å². The van der Waals surface area contributed by atoms with Gasteiger partial charge in [0.15, 0.2) is 0 Å². The van der Waals surface area contributed by atoms with E-state index in [4.69, 9.17) is 0 Å². The summed E-state index contributed by atoms with van der Waals surface area (Å²) in [6.45, 7) is 27.9. The van der Waals surface area contributed by atoms with Crippen LogP contribution < -0.4 is 0 Å². The van der Waals surface area contributed by atoms with Gasteiger partial charge in [-0.05, 0) is 66.1 Å².